The summed E-state index contributed by atoms with van der Waals surface area (Å²) in [6.45, 7) is 0.386. The highest BCUT2D eigenvalue weighted by atomic mass is 16.7. The molecular formula is C13H16O6. The Bertz CT molecular complexity index is 457. The van der Waals surface area contributed by atoms with E-state index in [1.165, 1.54) is 7.11 Å². The van der Waals surface area contributed by atoms with Gasteiger partial charge in [-0.15, -0.1) is 0 Å². The number of aliphatic hydroxyl groups is 1. The van der Waals surface area contributed by atoms with Crippen molar-refractivity contribution < 1.29 is 28.8 Å². The summed E-state index contributed by atoms with van der Waals surface area (Å²) < 4.78 is 20.5. The lowest BCUT2D eigenvalue weighted by Gasteiger charge is -2.10. The topological polar surface area (TPSA) is 74.2 Å². The van der Waals surface area contributed by atoms with Gasteiger partial charge in [0.1, 0.15) is 5.75 Å². The molecule has 0 bridgehead atoms. The van der Waals surface area contributed by atoms with Crippen LogP contribution in [0.1, 0.15) is 18.4 Å². The standard InChI is InChI=1S/C13H16O6/c1-16-13(15)3-2-4-17-10-6-12-11(18-8-19-12)5-9(10)7-14/h5-6,14H,2-4,7-8H2,1H3. The molecule has 0 amide bonds. The van der Waals surface area contributed by atoms with Crippen molar-refractivity contribution in [1.29, 1.82) is 0 Å². The lowest BCUT2D eigenvalue weighted by molar-refractivity contribution is -0.140. The molecule has 6 nitrogen and oxygen atoms in total. The minimum Gasteiger partial charge on any atom is -0.493 e. The van der Waals surface area contributed by atoms with Gasteiger partial charge in [-0.1, -0.05) is 0 Å². The largest absolute Gasteiger partial charge is 0.493 e. The Morgan fingerprint density at radius 1 is 1.37 bits per heavy atom. The van der Waals surface area contributed by atoms with Crippen molar-refractivity contribution in [2.75, 3.05) is 20.5 Å². The Morgan fingerprint density at radius 3 is 2.79 bits per heavy atom. The third-order valence-corrected chi connectivity index (χ3v) is 2.74. The highest BCUT2D eigenvalue weighted by Crippen LogP contribution is 2.38. The minimum absolute atomic E-state index is 0.150. The van der Waals surface area contributed by atoms with Crippen LogP contribution in [0.15, 0.2) is 12.1 Å². The van der Waals surface area contributed by atoms with Crippen LogP contribution in [0.2, 0.25) is 0 Å². The molecule has 0 fully saturated rings. The second-order valence-corrected chi connectivity index (χ2v) is 4.00. The first kappa shape index (κ1) is 13.5. The SMILES string of the molecule is COC(=O)CCCOc1cc2c(cc1CO)OCO2. The van der Waals surface area contributed by atoms with Gasteiger partial charge in [-0.3, -0.25) is 4.79 Å². The summed E-state index contributed by atoms with van der Waals surface area (Å²) in [5.41, 5.74) is 0.627. The molecule has 0 aliphatic carbocycles. The van der Waals surface area contributed by atoms with E-state index in [0.29, 0.717) is 42.3 Å². The average molecular weight is 268 g/mol. The van der Waals surface area contributed by atoms with Gasteiger partial charge in [-0.2, -0.15) is 0 Å². The van der Waals surface area contributed by atoms with Crippen molar-refractivity contribution >= 4 is 5.97 Å². The number of rotatable bonds is 6. The third-order valence-electron chi connectivity index (χ3n) is 2.74. The summed E-state index contributed by atoms with van der Waals surface area (Å²) in [7, 11) is 1.35. The molecule has 1 heterocycles. The van der Waals surface area contributed by atoms with Crippen molar-refractivity contribution in [3.63, 3.8) is 0 Å². The Labute approximate surface area is 110 Å². The maximum absolute atomic E-state index is 10.9. The lowest BCUT2D eigenvalue weighted by atomic mass is 10.2. The van der Waals surface area contributed by atoms with E-state index in [4.69, 9.17) is 14.2 Å². The summed E-state index contributed by atoms with van der Waals surface area (Å²) in [5.74, 6) is 1.47. The molecule has 1 aliphatic heterocycles. The van der Waals surface area contributed by atoms with Crippen molar-refractivity contribution in [2.24, 2.45) is 0 Å². The van der Waals surface area contributed by atoms with E-state index >= 15 is 0 Å². The molecule has 19 heavy (non-hydrogen) atoms. The van der Waals surface area contributed by atoms with Gasteiger partial charge >= 0.3 is 5.97 Å². The maximum Gasteiger partial charge on any atom is 0.305 e. The zero-order chi connectivity index (χ0) is 13.7. The van der Waals surface area contributed by atoms with Gasteiger partial charge in [-0.05, 0) is 12.5 Å². The summed E-state index contributed by atoms with van der Waals surface area (Å²) >= 11 is 0. The fraction of sp³-hybridized carbons (Fsp3) is 0.462. The van der Waals surface area contributed by atoms with Crippen molar-refractivity contribution in [3.8, 4) is 17.2 Å². The first-order valence-electron chi connectivity index (χ1n) is 5.97. The zero-order valence-corrected chi connectivity index (χ0v) is 10.7. The van der Waals surface area contributed by atoms with Crippen LogP contribution in [0.3, 0.4) is 0 Å². The Morgan fingerprint density at radius 2 is 2.11 bits per heavy atom. The van der Waals surface area contributed by atoms with Crippen LogP contribution in [0.5, 0.6) is 17.2 Å². The fourth-order valence-electron chi connectivity index (χ4n) is 1.72. The average Bonchev–Trinajstić information content (AvgIpc) is 2.89. The van der Waals surface area contributed by atoms with E-state index in [-0.39, 0.29) is 19.4 Å². The summed E-state index contributed by atoms with van der Waals surface area (Å²) in [4.78, 5) is 10.9. The summed E-state index contributed by atoms with van der Waals surface area (Å²) in [5, 5.41) is 9.28. The molecule has 1 N–H and O–H groups in total. The summed E-state index contributed by atoms with van der Waals surface area (Å²) in [6, 6.07) is 3.38. The van der Waals surface area contributed by atoms with Crippen LogP contribution in [0.25, 0.3) is 0 Å². The monoisotopic (exact) mass is 268 g/mol. The molecule has 0 unspecified atom stereocenters. The maximum atomic E-state index is 10.9. The molecule has 0 saturated heterocycles. The van der Waals surface area contributed by atoms with E-state index < -0.39 is 0 Å². The molecule has 2 rings (SSSR count). The first-order chi connectivity index (χ1) is 9.24. The number of methoxy groups -OCH3 is 1. The Balaban J connectivity index is 1.94. The molecule has 104 valence electrons. The normalized spacial score (nSPS) is 12.3. The van der Waals surface area contributed by atoms with Crippen molar-refractivity contribution in [3.05, 3.63) is 17.7 Å². The highest BCUT2D eigenvalue weighted by molar-refractivity contribution is 5.69. The lowest BCUT2D eigenvalue weighted by Crippen LogP contribution is -2.05. The number of benzene rings is 1. The van der Waals surface area contributed by atoms with Gasteiger partial charge in [-0.25, -0.2) is 0 Å². The van der Waals surface area contributed by atoms with Crippen molar-refractivity contribution in [1.82, 2.24) is 0 Å². The second kappa shape index (κ2) is 6.29. The highest BCUT2D eigenvalue weighted by Gasteiger charge is 2.17. The second-order valence-electron chi connectivity index (χ2n) is 4.00. The Hall–Kier alpha value is -1.95. The van der Waals surface area contributed by atoms with Crippen LogP contribution >= 0.6 is 0 Å². The first-order valence-corrected chi connectivity index (χ1v) is 5.97. The number of fused-ring (bicyclic) bond motifs is 1. The molecule has 6 heteroatoms. The van der Waals surface area contributed by atoms with Gasteiger partial charge in [0.15, 0.2) is 11.5 Å². The molecule has 1 aliphatic rings. The van der Waals surface area contributed by atoms with Crippen LogP contribution in [0.4, 0.5) is 0 Å². The molecular weight excluding hydrogens is 252 g/mol. The van der Waals surface area contributed by atoms with Crippen molar-refractivity contribution in [2.45, 2.75) is 19.4 Å². The number of hydrogen-bond acceptors (Lipinski definition) is 6. The molecule has 1 aromatic rings. The van der Waals surface area contributed by atoms with Gasteiger partial charge in [0.25, 0.3) is 0 Å². The molecule has 0 atom stereocenters. The number of ether oxygens (including phenoxy) is 4. The van der Waals surface area contributed by atoms with E-state index in [1.807, 2.05) is 0 Å². The number of esters is 1. The number of carbonyl (C=O) groups excluding carboxylic acids is 1. The quantitative estimate of drug-likeness (QED) is 0.618. The smallest absolute Gasteiger partial charge is 0.305 e. The van der Waals surface area contributed by atoms with Crippen LogP contribution in [-0.4, -0.2) is 31.6 Å². The molecule has 0 spiro atoms. The van der Waals surface area contributed by atoms with Crippen LogP contribution in [0, 0.1) is 0 Å². The molecule has 0 saturated carbocycles. The summed E-state index contributed by atoms with van der Waals surface area (Å²) in [6.07, 6.45) is 0.849. The number of aliphatic hydroxyl groups excluding tert-OH is 1. The number of carbonyl (C=O) groups is 1. The molecule has 0 aromatic heterocycles. The van der Waals surface area contributed by atoms with Crippen LogP contribution < -0.4 is 14.2 Å². The third kappa shape index (κ3) is 3.29. The van der Waals surface area contributed by atoms with Crippen LogP contribution in [-0.2, 0) is 16.1 Å². The number of hydrogen-bond donors (Lipinski definition) is 1. The van der Waals surface area contributed by atoms with E-state index in [1.54, 1.807) is 12.1 Å². The van der Waals surface area contributed by atoms with Gasteiger partial charge in [0, 0.05) is 18.1 Å². The molecule has 1 aromatic carbocycles. The predicted octanol–water partition coefficient (Wildman–Crippen LogP) is 1.24. The Kier molecular flexibility index (Phi) is 4.46. The van der Waals surface area contributed by atoms with E-state index in [0.717, 1.165) is 0 Å². The van der Waals surface area contributed by atoms with Gasteiger partial charge in [0.2, 0.25) is 6.79 Å². The van der Waals surface area contributed by atoms with E-state index in [9.17, 15) is 9.90 Å². The van der Waals surface area contributed by atoms with Gasteiger partial charge in [0.05, 0.1) is 20.3 Å². The van der Waals surface area contributed by atoms with Gasteiger partial charge < -0.3 is 24.1 Å². The zero-order valence-electron chi connectivity index (χ0n) is 10.7. The van der Waals surface area contributed by atoms with E-state index in [2.05, 4.69) is 4.74 Å². The fourth-order valence-corrected chi connectivity index (χ4v) is 1.72. The predicted molar refractivity (Wildman–Crippen MR) is 65.2 cm³/mol. The minimum atomic E-state index is -0.267. The molecule has 0 radical (unpaired) electrons.